The Kier molecular flexibility index (Phi) is 11.0. The molecule has 0 bridgehead atoms. The molecule has 224 valence electrons. The highest BCUT2D eigenvalue weighted by Gasteiger charge is 2.50. The van der Waals surface area contributed by atoms with Gasteiger partial charge in [0.1, 0.15) is 17.5 Å². The van der Waals surface area contributed by atoms with E-state index in [1.54, 1.807) is 66.2 Å². The van der Waals surface area contributed by atoms with Gasteiger partial charge >= 0.3 is 5.97 Å². The third-order valence-electron chi connectivity index (χ3n) is 6.61. The summed E-state index contributed by atoms with van der Waals surface area (Å²) in [5.74, 6) is 1.48. The van der Waals surface area contributed by atoms with Crippen molar-refractivity contribution in [2.24, 2.45) is 4.99 Å². The molecule has 1 aliphatic rings. The topological polar surface area (TPSA) is 125 Å². The van der Waals surface area contributed by atoms with Crippen molar-refractivity contribution < 1.29 is 38.4 Å². The minimum atomic E-state index is -1.32. The van der Waals surface area contributed by atoms with E-state index in [-0.39, 0.29) is 25.4 Å². The van der Waals surface area contributed by atoms with Crippen molar-refractivity contribution in [3.05, 3.63) is 53.6 Å². The van der Waals surface area contributed by atoms with E-state index in [0.29, 0.717) is 54.7 Å². The molecule has 2 N–H and O–H groups in total. The molecule has 10 nitrogen and oxygen atoms in total. The first-order chi connectivity index (χ1) is 19.5. The summed E-state index contributed by atoms with van der Waals surface area (Å²) in [5, 5.41) is 12.0. The fourth-order valence-corrected chi connectivity index (χ4v) is 4.45. The van der Waals surface area contributed by atoms with Gasteiger partial charge in [-0.1, -0.05) is 6.07 Å². The van der Waals surface area contributed by atoms with Crippen LogP contribution in [0, 0.1) is 0 Å². The molecule has 1 amide bonds. The van der Waals surface area contributed by atoms with Crippen LogP contribution in [0.2, 0.25) is 0 Å². The minimum Gasteiger partial charge on any atom is -0.494 e. The van der Waals surface area contributed by atoms with Gasteiger partial charge in [-0.2, -0.15) is 0 Å². The molecule has 0 radical (unpaired) electrons. The molecule has 3 rings (SSSR count). The highest BCUT2D eigenvalue weighted by atomic mass is 16.6. The lowest BCUT2D eigenvalue weighted by Crippen LogP contribution is -2.51. The van der Waals surface area contributed by atoms with Gasteiger partial charge in [0, 0.05) is 31.6 Å². The molecular weight excluding hydrogens is 528 g/mol. The summed E-state index contributed by atoms with van der Waals surface area (Å²) in [6.07, 6.45) is 0.592. The first-order valence-corrected chi connectivity index (χ1v) is 13.8. The number of aliphatic hydroxyl groups is 1. The van der Waals surface area contributed by atoms with E-state index in [4.69, 9.17) is 33.8 Å². The first-order valence-electron chi connectivity index (χ1n) is 13.8. The Morgan fingerprint density at radius 3 is 2.41 bits per heavy atom. The van der Waals surface area contributed by atoms with Gasteiger partial charge in [-0.3, -0.25) is 9.59 Å². The lowest BCUT2D eigenvalue weighted by atomic mass is 9.87. The van der Waals surface area contributed by atoms with Gasteiger partial charge in [-0.05, 0) is 82.5 Å². The van der Waals surface area contributed by atoms with E-state index in [9.17, 15) is 9.59 Å². The van der Waals surface area contributed by atoms with Crippen LogP contribution in [0.25, 0.3) is 0 Å². The largest absolute Gasteiger partial charge is 0.494 e. The standard InChI is InChI=1S/C31H42N2O8/c1-21-31(16-14-27(35)41-30(2,3)4,29(36)32-17-15-22-8-13-25(37-5)26(20-22)38-6)33-28(40-21)23-9-11-24(12-10-23)39-19-7-18-34/h8-13,20-21,34H,7,14-19H2,1-6H3,(H,32,36)/t21-,31-/m1/s1. The average Bonchev–Trinajstić information content (AvgIpc) is 3.28. The highest BCUT2D eigenvalue weighted by Crippen LogP contribution is 2.34. The van der Waals surface area contributed by atoms with Crippen molar-refractivity contribution in [1.29, 1.82) is 0 Å². The van der Waals surface area contributed by atoms with Crippen molar-refractivity contribution in [3.63, 3.8) is 0 Å². The normalized spacial score (nSPS) is 18.2. The van der Waals surface area contributed by atoms with Gasteiger partial charge < -0.3 is 34.1 Å². The number of hydrogen-bond donors (Lipinski definition) is 2. The summed E-state index contributed by atoms with van der Waals surface area (Å²) in [6.45, 7) is 8.00. The number of carbonyl (C=O) groups is 2. The zero-order valence-corrected chi connectivity index (χ0v) is 24.8. The molecule has 41 heavy (non-hydrogen) atoms. The van der Waals surface area contributed by atoms with Gasteiger partial charge in [0.25, 0.3) is 5.91 Å². The minimum absolute atomic E-state index is 0.00246. The summed E-state index contributed by atoms with van der Waals surface area (Å²) < 4.78 is 27.9. The van der Waals surface area contributed by atoms with Crippen LogP contribution < -0.4 is 19.5 Å². The number of ether oxygens (including phenoxy) is 5. The van der Waals surface area contributed by atoms with Gasteiger partial charge in [-0.25, -0.2) is 4.99 Å². The van der Waals surface area contributed by atoms with Crippen LogP contribution >= 0.6 is 0 Å². The fraction of sp³-hybridized carbons (Fsp3) is 0.516. The lowest BCUT2D eigenvalue weighted by molar-refractivity contribution is -0.155. The molecule has 2 aromatic rings. The Hall–Kier alpha value is -3.79. The number of aliphatic imine (C=N–C) groups is 1. The van der Waals surface area contributed by atoms with E-state index < -0.39 is 23.2 Å². The van der Waals surface area contributed by atoms with Crippen molar-refractivity contribution in [1.82, 2.24) is 5.32 Å². The first kappa shape index (κ1) is 31.7. The summed E-state index contributed by atoms with van der Waals surface area (Å²) in [6, 6.07) is 12.8. The number of carbonyl (C=O) groups excluding carboxylic acids is 2. The highest BCUT2D eigenvalue weighted by molar-refractivity contribution is 6.01. The molecule has 0 aromatic heterocycles. The maximum absolute atomic E-state index is 13.7. The Balaban J connectivity index is 1.78. The molecule has 0 unspecified atom stereocenters. The van der Waals surface area contributed by atoms with E-state index in [0.717, 1.165) is 5.56 Å². The summed E-state index contributed by atoms with van der Waals surface area (Å²) in [7, 11) is 3.16. The number of esters is 1. The van der Waals surface area contributed by atoms with Crippen molar-refractivity contribution in [2.45, 2.75) is 70.6 Å². The van der Waals surface area contributed by atoms with Crippen molar-refractivity contribution in [3.8, 4) is 17.2 Å². The number of amides is 1. The molecule has 0 fully saturated rings. The molecule has 0 spiro atoms. The van der Waals surface area contributed by atoms with E-state index in [1.807, 2.05) is 18.2 Å². The van der Waals surface area contributed by atoms with E-state index in [2.05, 4.69) is 5.32 Å². The van der Waals surface area contributed by atoms with Crippen LogP contribution in [0.4, 0.5) is 0 Å². The number of nitrogens with one attached hydrogen (secondary N) is 1. The fourth-order valence-electron chi connectivity index (χ4n) is 4.45. The van der Waals surface area contributed by atoms with Crippen LogP contribution in [0.5, 0.6) is 17.2 Å². The number of benzene rings is 2. The Morgan fingerprint density at radius 1 is 1.07 bits per heavy atom. The van der Waals surface area contributed by atoms with Crippen molar-refractivity contribution in [2.75, 3.05) is 34.0 Å². The van der Waals surface area contributed by atoms with E-state index in [1.165, 1.54) is 0 Å². The molecule has 0 aliphatic carbocycles. The van der Waals surface area contributed by atoms with Crippen LogP contribution in [-0.4, -0.2) is 74.1 Å². The van der Waals surface area contributed by atoms with Gasteiger partial charge in [0.2, 0.25) is 5.90 Å². The zero-order valence-electron chi connectivity index (χ0n) is 24.8. The van der Waals surface area contributed by atoms with Crippen LogP contribution in [-0.2, 0) is 25.5 Å². The third kappa shape index (κ3) is 8.60. The molecule has 2 atom stereocenters. The predicted octanol–water partition coefficient (Wildman–Crippen LogP) is 3.85. The number of methoxy groups -OCH3 is 2. The SMILES string of the molecule is COc1ccc(CCNC(=O)[C@]2(CCC(=O)OC(C)(C)C)N=C(c3ccc(OCCCO)cc3)O[C@@H]2C)cc1OC. The molecule has 10 heteroatoms. The third-order valence-corrected chi connectivity index (χ3v) is 6.61. The Morgan fingerprint density at radius 2 is 1.78 bits per heavy atom. The average molecular weight is 571 g/mol. The summed E-state index contributed by atoms with van der Waals surface area (Å²) >= 11 is 0. The zero-order chi connectivity index (χ0) is 30.0. The second kappa shape index (κ2) is 14.2. The smallest absolute Gasteiger partial charge is 0.306 e. The maximum Gasteiger partial charge on any atom is 0.306 e. The van der Waals surface area contributed by atoms with Crippen LogP contribution in [0.15, 0.2) is 47.5 Å². The maximum atomic E-state index is 13.7. The summed E-state index contributed by atoms with van der Waals surface area (Å²) in [4.78, 5) is 31.1. The van der Waals surface area contributed by atoms with Crippen LogP contribution in [0.1, 0.15) is 58.1 Å². The number of hydrogen-bond acceptors (Lipinski definition) is 9. The predicted molar refractivity (Wildman–Crippen MR) is 155 cm³/mol. The molecule has 1 heterocycles. The Labute approximate surface area is 242 Å². The van der Waals surface area contributed by atoms with Crippen LogP contribution in [0.3, 0.4) is 0 Å². The summed E-state index contributed by atoms with van der Waals surface area (Å²) in [5.41, 5.74) is -0.310. The lowest BCUT2D eigenvalue weighted by Gasteiger charge is -2.28. The second-order valence-electron chi connectivity index (χ2n) is 10.8. The van der Waals surface area contributed by atoms with Gasteiger partial charge in [0.15, 0.2) is 17.0 Å². The molecular formula is C31H42N2O8. The van der Waals surface area contributed by atoms with Gasteiger partial charge in [0.05, 0.1) is 20.8 Å². The molecule has 0 saturated carbocycles. The quantitative estimate of drug-likeness (QED) is 0.259. The molecule has 0 saturated heterocycles. The van der Waals surface area contributed by atoms with Crippen molar-refractivity contribution >= 4 is 17.8 Å². The second-order valence-corrected chi connectivity index (χ2v) is 10.8. The number of nitrogens with zero attached hydrogens (tertiary/aromatic N) is 1. The molecule has 1 aliphatic heterocycles. The monoisotopic (exact) mass is 570 g/mol. The number of rotatable bonds is 14. The Bertz CT molecular complexity index is 1210. The van der Waals surface area contributed by atoms with Gasteiger partial charge in [-0.15, -0.1) is 0 Å². The van der Waals surface area contributed by atoms with E-state index >= 15 is 0 Å². The molecule has 2 aromatic carbocycles. The number of aliphatic hydroxyl groups excluding tert-OH is 1.